The summed E-state index contributed by atoms with van der Waals surface area (Å²) in [6, 6.07) is 0.845. The molecule has 0 amide bonds. The Labute approximate surface area is 108 Å². The van der Waals surface area contributed by atoms with Gasteiger partial charge in [0.05, 0.1) is 6.20 Å². The maximum Gasteiger partial charge on any atom is 0.168 e. The number of nitrogens with one attached hydrogen (secondary N) is 1. The smallest absolute Gasteiger partial charge is 0.168 e. The first kappa shape index (κ1) is 14.9. The van der Waals surface area contributed by atoms with Crippen LogP contribution in [0.5, 0.6) is 0 Å². The van der Waals surface area contributed by atoms with E-state index >= 15 is 0 Å². The molecule has 1 heterocycles. The fraction of sp³-hybridized carbons (Fsp3) is 0.643. The van der Waals surface area contributed by atoms with E-state index in [4.69, 9.17) is 0 Å². The predicted molar refractivity (Wildman–Crippen MR) is 70.6 cm³/mol. The number of halogens is 2. The number of unbranched alkanes of at least 4 members (excludes halogenated alkanes) is 3. The van der Waals surface area contributed by atoms with Gasteiger partial charge in [0.2, 0.25) is 0 Å². The fourth-order valence-electron chi connectivity index (χ4n) is 1.78. The quantitative estimate of drug-likeness (QED) is 0.698. The van der Waals surface area contributed by atoms with E-state index in [0.29, 0.717) is 6.54 Å². The third-order valence-electron chi connectivity index (χ3n) is 2.81. The van der Waals surface area contributed by atoms with Crippen molar-refractivity contribution < 1.29 is 8.78 Å². The second-order valence-corrected chi connectivity index (χ2v) is 5.01. The second-order valence-electron chi connectivity index (χ2n) is 5.01. The van der Waals surface area contributed by atoms with E-state index < -0.39 is 11.6 Å². The number of hydrogen-bond donors (Lipinski definition) is 1. The molecule has 0 bridgehead atoms. The third kappa shape index (κ3) is 5.94. The van der Waals surface area contributed by atoms with E-state index in [0.717, 1.165) is 31.0 Å². The summed E-state index contributed by atoms with van der Waals surface area (Å²) in [7, 11) is 0. The molecule has 18 heavy (non-hydrogen) atoms. The summed E-state index contributed by atoms with van der Waals surface area (Å²) >= 11 is 0. The molecule has 0 saturated carbocycles. The molecule has 0 aromatic carbocycles. The summed E-state index contributed by atoms with van der Waals surface area (Å²) in [6.07, 6.45) is 6.86. The topological polar surface area (TPSA) is 24.9 Å². The highest BCUT2D eigenvalue weighted by molar-refractivity contribution is 5.35. The Balaban J connectivity index is 2.11. The molecule has 0 atom stereocenters. The van der Waals surface area contributed by atoms with Crippen LogP contribution in [0.25, 0.3) is 0 Å². The zero-order valence-electron chi connectivity index (χ0n) is 11.2. The van der Waals surface area contributed by atoms with Crippen molar-refractivity contribution in [2.45, 2.75) is 46.0 Å². The van der Waals surface area contributed by atoms with Gasteiger partial charge in [-0.1, -0.05) is 39.5 Å². The lowest BCUT2D eigenvalue weighted by Gasteiger charge is -2.07. The molecule has 0 spiro atoms. The molecule has 4 heteroatoms. The minimum absolute atomic E-state index is 0.138. The maximum atomic E-state index is 13.2. The Morgan fingerprint density at radius 1 is 1.17 bits per heavy atom. The summed E-state index contributed by atoms with van der Waals surface area (Å²) in [5.74, 6) is -0.374. The second kappa shape index (κ2) is 8.01. The number of hydrogen-bond acceptors (Lipinski definition) is 2. The Kier molecular flexibility index (Phi) is 6.61. The summed E-state index contributed by atoms with van der Waals surface area (Å²) in [5, 5.41) is 2.89. The van der Waals surface area contributed by atoms with Crippen LogP contribution in [0.2, 0.25) is 0 Å². The molecular weight excluding hydrogens is 234 g/mol. The minimum atomic E-state index is -0.647. The van der Waals surface area contributed by atoms with Gasteiger partial charge in [0, 0.05) is 12.6 Å². The van der Waals surface area contributed by atoms with Crippen molar-refractivity contribution in [3.05, 3.63) is 23.9 Å². The number of rotatable bonds is 8. The number of nitrogens with zero attached hydrogens (tertiary/aromatic N) is 1. The van der Waals surface area contributed by atoms with Crippen molar-refractivity contribution >= 4 is 5.82 Å². The van der Waals surface area contributed by atoms with E-state index in [1.54, 1.807) is 0 Å². The fourth-order valence-corrected chi connectivity index (χ4v) is 1.78. The summed E-state index contributed by atoms with van der Waals surface area (Å²) in [4.78, 5) is 3.67. The molecule has 0 aliphatic carbocycles. The van der Waals surface area contributed by atoms with Crippen LogP contribution in [0.1, 0.15) is 46.0 Å². The van der Waals surface area contributed by atoms with Gasteiger partial charge >= 0.3 is 0 Å². The first-order valence-corrected chi connectivity index (χ1v) is 6.64. The molecule has 0 saturated heterocycles. The average molecular weight is 256 g/mol. The molecule has 2 nitrogen and oxygen atoms in total. The molecule has 102 valence electrons. The molecule has 0 unspecified atom stereocenters. The number of anilines is 1. The van der Waals surface area contributed by atoms with Crippen LogP contribution in [-0.2, 0) is 0 Å². The lowest BCUT2D eigenvalue weighted by molar-refractivity contribution is 0.522. The van der Waals surface area contributed by atoms with Gasteiger partial charge in [-0.2, -0.15) is 0 Å². The highest BCUT2D eigenvalue weighted by Gasteiger charge is 2.04. The Morgan fingerprint density at radius 2 is 1.89 bits per heavy atom. The van der Waals surface area contributed by atoms with Crippen molar-refractivity contribution in [1.29, 1.82) is 0 Å². The van der Waals surface area contributed by atoms with E-state index in [9.17, 15) is 8.78 Å². The SMILES string of the molecule is CC(C)CCCCCCNc1ncc(F)cc1F. The normalized spacial score (nSPS) is 10.9. The van der Waals surface area contributed by atoms with Crippen LogP contribution in [0.15, 0.2) is 12.3 Å². The lowest BCUT2D eigenvalue weighted by Crippen LogP contribution is -2.05. The average Bonchev–Trinajstić information content (AvgIpc) is 2.30. The standard InChI is InChI=1S/C14H22F2N2/c1-11(2)7-5-3-4-6-8-17-14-13(16)9-12(15)10-18-14/h9-11H,3-8H2,1-2H3,(H,17,18). The van der Waals surface area contributed by atoms with Gasteiger partial charge in [0.1, 0.15) is 5.82 Å². The molecule has 1 aromatic rings. The van der Waals surface area contributed by atoms with Crippen LogP contribution < -0.4 is 5.32 Å². The van der Waals surface area contributed by atoms with Crippen molar-refractivity contribution in [3.8, 4) is 0 Å². The molecule has 1 rings (SSSR count). The maximum absolute atomic E-state index is 13.2. The van der Waals surface area contributed by atoms with Crippen molar-refractivity contribution in [2.75, 3.05) is 11.9 Å². The van der Waals surface area contributed by atoms with E-state index in [1.165, 1.54) is 19.3 Å². The van der Waals surface area contributed by atoms with Crippen LogP contribution in [0.4, 0.5) is 14.6 Å². The highest BCUT2D eigenvalue weighted by atomic mass is 19.1. The van der Waals surface area contributed by atoms with Crippen LogP contribution in [0, 0.1) is 17.6 Å². The third-order valence-corrected chi connectivity index (χ3v) is 2.81. The van der Waals surface area contributed by atoms with Crippen molar-refractivity contribution in [3.63, 3.8) is 0 Å². The van der Waals surface area contributed by atoms with Gasteiger partial charge < -0.3 is 5.32 Å². The van der Waals surface area contributed by atoms with Gasteiger partial charge in [0.15, 0.2) is 11.6 Å². The monoisotopic (exact) mass is 256 g/mol. The Morgan fingerprint density at radius 3 is 2.56 bits per heavy atom. The zero-order valence-corrected chi connectivity index (χ0v) is 11.2. The Hall–Kier alpha value is -1.19. The van der Waals surface area contributed by atoms with Gasteiger partial charge in [-0.15, -0.1) is 0 Å². The van der Waals surface area contributed by atoms with Crippen LogP contribution in [0.3, 0.4) is 0 Å². The van der Waals surface area contributed by atoms with E-state index in [-0.39, 0.29) is 5.82 Å². The van der Waals surface area contributed by atoms with Gasteiger partial charge in [0.25, 0.3) is 0 Å². The largest absolute Gasteiger partial charge is 0.368 e. The zero-order chi connectivity index (χ0) is 13.4. The number of aromatic nitrogens is 1. The van der Waals surface area contributed by atoms with Crippen molar-refractivity contribution in [1.82, 2.24) is 4.98 Å². The van der Waals surface area contributed by atoms with E-state index in [1.807, 2.05) is 0 Å². The summed E-state index contributed by atoms with van der Waals surface area (Å²) in [6.45, 7) is 5.13. The molecule has 1 N–H and O–H groups in total. The molecular formula is C14H22F2N2. The molecule has 0 fully saturated rings. The first-order valence-electron chi connectivity index (χ1n) is 6.64. The van der Waals surface area contributed by atoms with Gasteiger partial charge in [-0.25, -0.2) is 13.8 Å². The highest BCUT2D eigenvalue weighted by Crippen LogP contribution is 2.12. The first-order chi connectivity index (χ1) is 8.59. The molecule has 0 radical (unpaired) electrons. The van der Waals surface area contributed by atoms with Gasteiger partial charge in [-0.05, 0) is 12.3 Å². The molecule has 0 aliphatic heterocycles. The lowest BCUT2D eigenvalue weighted by atomic mass is 10.0. The molecule has 0 aliphatic rings. The molecule has 1 aromatic heterocycles. The van der Waals surface area contributed by atoms with Crippen molar-refractivity contribution in [2.24, 2.45) is 5.92 Å². The van der Waals surface area contributed by atoms with Crippen LogP contribution >= 0.6 is 0 Å². The summed E-state index contributed by atoms with van der Waals surface area (Å²) in [5.41, 5.74) is 0. The van der Waals surface area contributed by atoms with E-state index in [2.05, 4.69) is 24.1 Å². The minimum Gasteiger partial charge on any atom is -0.368 e. The Bertz CT molecular complexity index is 354. The number of pyridine rings is 1. The van der Waals surface area contributed by atoms with Crippen LogP contribution in [-0.4, -0.2) is 11.5 Å². The summed E-state index contributed by atoms with van der Waals surface area (Å²) < 4.78 is 25.8. The predicted octanol–water partition coefficient (Wildman–Crippen LogP) is 4.38. The van der Waals surface area contributed by atoms with Gasteiger partial charge in [-0.3, -0.25) is 0 Å².